The van der Waals surface area contributed by atoms with Crippen LogP contribution in [0.3, 0.4) is 0 Å². The van der Waals surface area contributed by atoms with Crippen molar-refractivity contribution in [3.8, 4) is 5.75 Å². The number of thiocarbonyl (C=S) groups is 1. The first-order chi connectivity index (χ1) is 8.42. The van der Waals surface area contributed by atoms with Gasteiger partial charge in [0.1, 0.15) is 5.75 Å². The van der Waals surface area contributed by atoms with Crippen molar-refractivity contribution in [1.29, 1.82) is 0 Å². The van der Waals surface area contributed by atoms with Crippen molar-refractivity contribution >= 4 is 34.0 Å². The summed E-state index contributed by atoms with van der Waals surface area (Å²) < 4.78 is 40.0. The van der Waals surface area contributed by atoms with Gasteiger partial charge in [-0.3, -0.25) is 0 Å². The molecule has 1 aromatic rings. The predicted molar refractivity (Wildman–Crippen MR) is 65.6 cm³/mol. The zero-order valence-corrected chi connectivity index (χ0v) is 10.3. The largest absolute Gasteiger partial charge is 0.573 e. The second-order valence-electron chi connectivity index (χ2n) is 3.17. The summed E-state index contributed by atoms with van der Waals surface area (Å²) in [4.78, 5) is 0. The molecule has 4 nitrogen and oxygen atoms in total. The fraction of sp³-hybridized carbons (Fsp3) is 0.222. The van der Waals surface area contributed by atoms with Crippen molar-refractivity contribution in [3.63, 3.8) is 0 Å². The van der Waals surface area contributed by atoms with Crippen LogP contribution in [0.5, 0.6) is 5.75 Å². The van der Waals surface area contributed by atoms with Crippen LogP contribution in [0.15, 0.2) is 34.5 Å². The van der Waals surface area contributed by atoms with Crippen LogP contribution in [-0.4, -0.2) is 16.2 Å². The summed E-state index contributed by atoms with van der Waals surface area (Å²) in [6.07, 6.45) is -4.68. The number of alkyl halides is 3. The summed E-state index contributed by atoms with van der Waals surface area (Å²) in [5.74, 6) is -0.274. The third-order valence-electron chi connectivity index (χ3n) is 1.83. The van der Waals surface area contributed by atoms with Crippen LogP contribution in [0.2, 0.25) is 0 Å². The van der Waals surface area contributed by atoms with Crippen molar-refractivity contribution in [2.45, 2.75) is 11.9 Å². The molecule has 96 valence electrons. The monoisotopic (exact) mass is 293 g/mol. The van der Waals surface area contributed by atoms with Gasteiger partial charge in [-0.25, -0.2) is 0 Å². The second-order valence-corrected chi connectivity index (χ2v) is 4.88. The highest BCUT2D eigenvalue weighted by molar-refractivity contribution is 8.23. The second kappa shape index (κ2) is 5.11. The minimum Gasteiger partial charge on any atom is -0.406 e. The first-order valence-electron chi connectivity index (χ1n) is 4.66. The molecule has 1 heterocycles. The van der Waals surface area contributed by atoms with Gasteiger partial charge in [-0.05, 0) is 48.2 Å². The molecule has 1 aliphatic rings. The number of rotatable bonds is 3. The molecule has 0 saturated carbocycles. The normalized spacial score (nSPS) is 19.1. The maximum Gasteiger partial charge on any atom is 0.573 e. The number of hydrogen-bond acceptors (Lipinski definition) is 5. The van der Waals surface area contributed by atoms with Gasteiger partial charge in [0.25, 0.3) is 0 Å². The minimum absolute atomic E-state index is 0.274. The SMILES string of the molecule is FC(F)(F)Oc1ccc(NC2N=NC(=S)S2)cc1. The Hall–Kier alpha value is -1.35. The lowest BCUT2D eigenvalue weighted by Crippen LogP contribution is -2.17. The van der Waals surface area contributed by atoms with E-state index in [2.05, 4.69) is 20.3 Å². The van der Waals surface area contributed by atoms with Gasteiger partial charge >= 0.3 is 6.36 Å². The summed E-state index contributed by atoms with van der Waals surface area (Å²) >= 11 is 6.06. The molecule has 0 saturated heterocycles. The summed E-state index contributed by atoms with van der Waals surface area (Å²) in [5.41, 5.74) is 0.262. The zero-order valence-electron chi connectivity index (χ0n) is 8.64. The van der Waals surface area contributed by atoms with Crippen molar-refractivity contribution in [3.05, 3.63) is 24.3 Å². The number of benzene rings is 1. The molecule has 1 aromatic carbocycles. The van der Waals surface area contributed by atoms with E-state index in [1.54, 1.807) is 0 Å². The maximum absolute atomic E-state index is 11.9. The molecule has 0 aromatic heterocycles. The Morgan fingerprint density at radius 1 is 1.28 bits per heavy atom. The van der Waals surface area contributed by atoms with Gasteiger partial charge in [0.15, 0.2) is 9.82 Å². The highest BCUT2D eigenvalue weighted by Crippen LogP contribution is 2.27. The standard InChI is InChI=1S/C9H6F3N3OS2/c10-9(11,12)16-6-3-1-5(2-4-6)13-7-14-15-8(17)18-7/h1-4,7,13H. The Kier molecular flexibility index (Phi) is 3.71. The lowest BCUT2D eigenvalue weighted by molar-refractivity contribution is -0.274. The Morgan fingerprint density at radius 3 is 2.44 bits per heavy atom. The number of thioether (sulfide) groups is 1. The number of azo groups is 1. The number of nitrogens with one attached hydrogen (secondary N) is 1. The first-order valence-corrected chi connectivity index (χ1v) is 5.95. The molecule has 0 fully saturated rings. The van der Waals surface area contributed by atoms with Gasteiger partial charge in [-0.15, -0.1) is 23.4 Å². The van der Waals surface area contributed by atoms with Crippen molar-refractivity contribution in [2.75, 3.05) is 5.32 Å². The Labute approximate surface area is 110 Å². The smallest absolute Gasteiger partial charge is 0.406 e. The minimum atomic E-state index is -4.68. The van der Waals surface area contributed by atoms with Crippen molar-refractivity contribution in [1.82, 2.24) is 0 Å². The van der Waals surface area contributed by atoms with Crippen LogP contribution in [0, 0.1) is 0 Å². The molecular formula is C9H6F3N3OS2. The van der Waals surface area contributed by atoms with Gasteiger partial charge in [-0.1, -0.05) is 0 Å². The molecule has 0 spiro atoms. The van der Waals surface area contributed by atoms with E-state index in [-0.39, 0.29) is 11.2 Å². The molecule has 9 heteroatoms. The Morgan fingerprint density at radius 2 is 1.94 bits per heavy atom. The highest BCUT2D eigenvalue weighted by atomic mass is 32.2. The van der Waals surface area contributed by atoms with Crippen LogP contribution >= 0.6 is 24.0 Å². The van der Waals surface area contributed by atoms with E-state index in [0.29, 0.717) is 10.0 Å². The first kappa shape index (κ1) is 13.1. The van der Waals surface area contributed by atoms with Crippen molar-refractivity contribution < 1.29 is 17.9 Å². The van der Waals surface area contributed by atoms with Gasteiger partial charge < -0.3 is 10.1 Å². The molecule has 1 atom stereocenters. The van der Waals surface area contributed by atoms with Crippen LogP contribution in [0.1, 0.15) is 0 Å². The summed E-state index contributed by atoms with van der Waals surface area (Å²) in [7, 11) is 0. The predicted octanol–water partition coefficient (Wildman–Crippen LogP) is 3.76. The van der Waals surface area contributed by atoms with E-state index in [4.69, 9.17) is 12.2 Å². The number of hydrogen-bond donors (Lipinski definition) is 1. The third kappa shape index (κ3) is 3.84. The van der Waals surface area contributed by atoms with Crippen LogP contribution < -0.4 is 10.1 Å². The van der Waals surface area contributed by atoms with Crippen molar-refractivity contribution in [2.24, 2.45) is 10.2 Å². The molecule has 1 N–H and O–H groups in total. The van der Waals surface area contributed by atoms with Crippen LogP contribution in [-0.2, 0) is 0 Å². The molecule has 0 radical (unpaired) electrons. The lowest BCUT2D eigenvalue weighted by atomic mass is 10.3. The average Bonchev–Trinajstić information content (AvgIpc) is 2.65. The molecular weight excluding hydrogens is 287 g/mol. The van der Waals surface area contributed by atoms with E-state index in [0.717, 1.165) is 0 Å². The molecule has 0 bridgehead atoms. The highest BCUT2D eigenvalue weighted by Gasteiger charge is 2.31. The fourth-order valence-electron chi connectivity index (χ4n) is 1.20. The van der Waals surface area contributed by atoms with Gasteiger partial charge in [0.2, 0.25) is 0 Å². The molecule has 0 aliphatic carbocycles. The average molecular weight is 293 g/mol. The number of anilines is 1. The molecule has 1 aliphatic heterocycles. The fourth-order valence-corrected chi connectivity index (χ4v) is 2.09. The van der Waals surface area contributed by atoms with Gasteiger partial charge in [0.05, 0.1) is 0 Å². The number of halogens is 3. The number of nitrogens with zero attached hydrogens (tertiary/aromatic N) is 2. The quantitative estimate of drug-likeness (QED) is 0.862. The molecule has 0 amide bonds. The Bertz CT molecular complexity index is 475. The third-order valence-corrected chi connectivity index (χ3v) is 2.92. The summed E-state index contributed by atoms with van der Waals surface area (Å²) in [6, 6.07) is 5.34. The van der Waals surface area contributed by atoms with Crippen LogP contribution in [0.4, 0.5) is 18.9 Å². The molecule has 2 rings (SSSR count). The van der Waals surface area contributed by atoms with E-state index in [1.165, 1.54) is 36.0 Å². The molecule has 1 unspecified atom stereocenters. The van der Waals surface area contributed by atoms with E-state index < -0.39 is 6.36 Å². The zero-order chi connectivity index (χ0) is 13.2. The lowest BCUT2D eigenvalue weighted by Gasteiger charge is -2.11. The summed E-state index contributed by atoms with van der Waals surface area (Å²) in [6.45, 7) is 0. The van der Waals surface area contributed by atoms with Gasteiger partial charge in [-0.2, -0.15) is 0 Å². The Balaban J connectivity index is 1.96. The van der Waals surface area contributed by atoms with Gasteiger partial charge in [0, 0.05) is 5.69 Å². The van der Waals surface area contributed by atoms with E-state index >= 15 is 0 Å². The van der Waals surface area contributed by atoms with Crippen LogP contribution in [0.25, 0.3) is 0 Å². The van der Waals surface area contributed by atoms with E-state index in [1.807, 2.05) is 0 Å². The summed E-state index contributed by atoms with van der Waals surface area (Å²) in [5, 5.41) is 10.4. The topological polar surface area (TPSA) is 46.0 Å². The maximum atomic E-state index is 11.9. The van der Waals surface area contributed by atoms with E-state index in [9.17, 15) is 13.2 Å². The molecule has 18 heavy (non-hydrogen) atoms. The number of ether oxygens (including phenoxy) is 1.